The van der Waals surface area contributed by atoms with Gasteiger partial charge in [-0.3, -0.25) is 10.1 Å². The van der Waals surface area contributed by atoms with Crippen molar-refractivity contribution in [2.24, 2.45) is 0 Å². The molecule has 0 aliphatic rings. The van der Waals surface area contributed by atoms with Crippen molar-refractivity contribution >= 4 is 52.3 Å². The van der Waals surface area contributed by atoms with Crippen molar-refractivity contribution in [2.75, 3.05) is 5.32 Å². The zero-order chi connectivity index (χ0) is 21.8. The second-order valence-corrected chi connectivity index (χ2v) is 8.36. The van der Waals surface area contributed by atoms with Gasteiger partial charge in [-0.1, -0.05) is 47.1 Å². The van der Waals surface area contributed by atoms with Gasteiger partial charge in [0, 0.05) is 23.2 Å². The molecule has 0 saturated heterocycles. The molecule has 154 valence electrons. The Kier molecular flexibility index (Phi) is 6.87. The molecule has 0 unspecified atom stereocenters. The summed E-state index contributed by atoms with van der Waals surface area (Å²) in [5.74, 6) is -1.00. The Morgan fingerprint density at radius 1 is 1.10 bits per heavy atom. The number of aryl methyl sites for hydroxylation is 1. The van der Waals surface area contributed by atoms with Crippen LogP contribution in [0.25, 0.3) is 0 Å². The molecule has 0 spiro atoms. The van der Waals surface area contributed by atoms with Crippen LogP contribution in [0, 0.1) is 17.0 Å². The summed E-state index contributed by atoms with van der Waals surface area (Å²) in [5.41, 5.74) is 2.15. The molecule has 6 nitrogen and oxygen atoms in total. The van der Waals surface area contributed by atoms with E-state index in [0.717, 1.165) is 4.90 Å². The van der Waals surface area contributed by atoms with E-state index >= 15 is 0 Å². The standard InChI is InChI=1S/C21H16Cl2N2O4S/c1-12-2-4-14(9-16(12)21(26)27)24-11-13-3-7-20(19(8-13)25(28)29)30-15-5-6-17(22)18(23)10-15/h2-10,24H,11H2,1H3,(H,26,27). The van der Waals surface area contributed by atoms with Gasteiger partial charge < -0.3 is 10.4 Å². The number of hydrogen-bond acceptors (Lipinski definition) is 5. The maximum Gasteiger partial charge on any atom is 0.336 e. The second kappa shape index (κ2) is 9.38. The first-order valence-electron chi connectivity index (χ1n) is 8.72. The fourth-order valence-electron chi connectivity index (χ4n) is 2.74. The first-order valence-corrected chi connectivity index (χ1v) is 10.3. The number of carboxylic acids is 1. The minimum Gasteiger partial charge on any atom is -0.478 e. The average molecular weight is 463 g/mol. The van der Waals surface area contributed by atoms with Crippen LogP contribution in [0.15, 0.2) is 64.4 Å². The van der Waals surface area contributed by atoms with E-state index in [4.69, 9.17) is 23.2 Å². The Morgan fingerprint density at radius 2 is 1.87 bits per heavy atom. The van der Waals surface area contributed by atoms with Crippen molar-refractivity contribution < 1.29 is 14.8 Å². The molecule has 0 radical (unpaired) electrons. The molecule has 30 heavy (non-hydrogen) atoms. The Morgan fingerprint density at radius 3 is 2.53 bits per heavy atom. The van der Waals surface area contributed by atoms with E-state index in [1.165, 1.54) is 17.8 Å². The summed E-state index contributed by atoms with van der Waals surface area (Å²) in [5, 5.41) is 24.7. The van der Waals surface area contributed by atoms with Gasteiger partial charge in [-0.2, -0.15) is 0 Å². The maximum atomic E-state index is 11.6. The lowest BCUT2D eigenvalue weighted by atomic mass is 10.1. The lowest BCUT2D eigenvalue weighted by Gasteiger charge is -2.10. The molecule has 3 aromatic carbocycles. The van der Waals surface area contributed by atoms with Crippen LogP contribution in [-0.2, 0) is 6.54 Å². The number of aromatic carboxylic acids is 1. The number of hydrogen-bond donors (Lipinski definition) is 2. The van der Waals surface area contributed by atoms with Crippen molar-refractivity contribution in [3.05, 3.63) is 91.4 Å². The van der Waals surface area contributed by atoms with Gasteiger partial charge in [0.1, 0.15) is 0 Å². The highest BCUT2D eigenvalue weighted by atomic mass is 35.5. The van der Waals surface area contributed by atoms with Crippen LogP contribution in [0.1, 0.15) is 21.5 Å². The minimum absolute atomic E-state index is 0.0273. The van der Waals surface area contributed by atoms with Crippen LogP contribution in [-0.4, -0.2) is 16.0 Å². The number of carboxylic acid groups (broad SMARTS) is 1. The van der Waals surface area contributed by atoms with Crippen LogP contribution in [0.3, 0.4) is 0 Å². The summed E-state index contributed by atoms with van der Waals surface area (Å²) in [6.07, 6.45) is 0. The summed E-state index contributed by atoms with van der Waals surface area (Å²) < 4.78 is 0. The quantitative estimate of drug-likeness (QED) is 0.300. The van der Waals surface area contributed by atoms with Crippen LogP contribution < -0.4 is 5.32 Å². The van der Waals surface area contributed by atoms with Crippen LogP contribution >= 0.6 is 35.0 Å². The molecule has 0 saturated carbocycles. The van der Waals surface area contributed by atoms with Gasteiger partial charge in [0.25, 0.3) is 5.69 Å². The molecule has 9 heteroatoms. The zero-order valence-corrected chi connectivity index (χ0v) is 18.0. The molecule has 0 aromatic heterocycles. The van der Waals surface area contributed by atoms with E-state index in [-0.39, 0.29) is 11.3 Å². The van der Waals surface area contributed by atoms with E-state index in [9.17, 15) is 20.0 Å². The van der Waals surface area contributed by atoms with E-state index in [0.29, 0.717) is 38.3 Å². The molecule has 0 fully saturated rings. The molecule has 0 amide bonds. The van der Waals surface area contributed by atoms with Crippen molar-refractivity contribution in [3.8, 4) is 0 Å². The third-order valence-corrected chi connectivity index (χ3v) is 6.10. The number of benzene rings is 3. The normalized spacial score (nSPS) is 10.6. The highest BCUT2D eigenvalue weighted by Crippen LogP contribution is 2.37. The average Bonchev–Trinajstić information content (AvgIpc) is 2.70. The number of rotatable bonds is 7. The Hall–Kier alpha value is -2.74. The molecular weight excluding hydrogens is 447 g/mol. The summed E-state index contributed by atoms with van der Waals surface area (Å²) >= 11 is 13.2. The number of nitrogens with one attached hydrogen (secondary N) is 1. The molecule has 0 aliphatic carbocycles. The minimum atomic E-state index is -1.00. The van der Waals surface area contributed by atoms with Crippen molar-refractivity contribution in [1.82, 2.24) is 0 Å². The predicted molar refractivity (Wildman–Crippen MR) is 119 cm³/mol. The first kappa shape index (κ1) is 22.0. The Bertz CT molecular complexity index is 1140. The van der Waals surface area contributed by atoms with E-state index < -0.39 is 10.9 Å². The van der Waals surface area contributed by atoms with Gasteiger partial charge in [-0.25, -0.2) is 4.79 Å². The van der Waals surface area contributed by atoms with Crippen molar-refractivity contribution in [3.63, 3.8) is 0 Å². The third kappa shape index (κ3) is 5.24. The summed E-state index contributed by atoms with van der Waals surface area (Å²) in [6.45, 7) is 2.03. The molecular formula is C21H16Cl2N2O4S. The van der Waals surface area contributed by atoms with Crippen molar-refractivity contribution in [2.45, 2.75) is 23.3 Å². The fraction of sp³-hybridized carbons (Fsp3) is 0.0952. The lowest BCUT2D eigenvalue weighted by Crippen LogP contribution is -2.04. The van der Waals surface area contributed by atoms with Gasteiger partial charge in [0.15, 0.2) is 0 Å². The van der Waals surface area contributed by atoms with Crippen LogP contribution in [0.2, 0.25) is 10.0 Å². The van der Waals surface area contributed by atoms with E-state index in [2.05, 4.69) is 5.32 Å². The van der Waals surface area contributed by atoms with Gasteiger partial charge in [-0.15, -0.1) is 0 Å². The summed E-state index contributed by atoms with van der Waals surface area (Å²) in [4.78, 5) is 23.6. The summed E-state index contributed by atoms with van der Waals surface area (Å²) in [6, 6.07) is 15.0. The predicted octanol–water partition coefficient (Wildman–Crippen LogP) is 6.67. The number of nitro benzene ring substituents is 1. The smallest absolute Gasteiger partial charge is 0.336 e. The molecule has 3 aromatic rings. The van der Waals surface area contributed by atoms with Crippen LogP contribution in [0.4, 0.5) is 11.4 Å². The van der Waals surface area contributed by atoms with Gasteiger partial charge in [0.05, 0.1) is 25.4 Å². The topological polar surface area (TPSA) is 92.5 Å². The number of halogens is 2. The van der Waals surface area contributed by atoms with Crippen molar-refractivity contribution in [1.29, 1.82) is 0 Å². The molecule has 2 N–H and O–H groups in total. The highest BCUT2D eigenvalue weighted by Gasteiger charge is 2.16. The van der Waals surface area contributed by atoms with E-state index in [1.807, 2.05) is 0 Å². The monoisotopic (exact) mass is 462 g/mol. The Balaban J connectivity index is 1.79. The fourth-order valence-corrected chi connectivity index (χ4v) is 4.04. The SMILES string of the molecule is Cc1ccc(NCc2ccc(Sc3ccc(Cl)c(Cl)c3)c([N+](=O)[O-])c2)cc1C(=O)O. The first-order chi connectivity index (χ1) is 14.2. The maximum absolute atomic E-state index is 11.6. The Labute approximate surface area is 187 Å². The summed E-state index contributed by atoms with van der Waals surface area (Å²) in [7, 11) is 0. The number of carbonyl (C=O) groups is 1. The number of nitro groups is 1. The van der Waals surface area contributed by atoms with Gasteiger partial charge in [-0.05, 0) is 54.4 Å². The molecule has 0 bridgehead atoms. The van der Waals surface area contributed by atoms with E-state index in [1.54, 1.807) is 55.5 Å². The van der Waals surface area contributed by atoms with Crippen LogP contribution in [0.5, 0.6) is 0 Å². The molecule has 0 atom stereocenters. The molecule has 3 rings (SSSR count). The second-order valence-electron chi connectivity index (χ2n) is 6.43. The van der Waals surface area contributed by atoms with Gasteiger partial charge in [0.2, 0.25) is 0 Å². The third-order valence-electron chi connectivity index (χ3n) is 4.30. The van der Waals surface area contributed by atoms with Gasteiger partial charge >= 0.3 is 5.97 Å². The highest BCUT2D eigenvalue weighted by molar-refractivity contribution is 7.99. The lowest BCUT2D eigenvalue weighted by molar-refractivity contribution is -0.387. The molecule has 0 heterocycles. The molecule has 0 aliphatic heterocycles. The largest absolute Gasteiger partial charge is 0.478 e. The number of anilines is 1. The zero-order valence-electron chi connectivity index (χ0n) is 15.7. The number of nitrogens with zero attached hydrogens (tertiary/aromatic N) is 1.